The van der Waals surface area contributed by atoms with Crippen LogP contribution in [0.2, 0.25) is 0 Å². The molecular weight excluding hydrogens is 949 g/mol. The lowest BCUT2D eigenvalue weighted by Crippen LogP contribution is -2.61. The first-order chi connectivity index (χ1) is 36.6. The Morgan fingerprint density at radius 2 is 0.867 bits per heavy atom. The Labute approximate surface area is 454 Å². The smallest absolute Gasteiger partial charge is 0.335 e. The number of unbranched alkanes of at least 4 members (excludes halogenated alkanes) is 21. The second-order valence-corrected chi connectivity index (χ2v) is 19.9. The number of carbonyl (C=O) groups is 4. The average Bonchev–Trinajstić information content (AvgIpc) is 3.39. The van der Waals surface area contributed by atoms with Gasteiger partial charge in [-0.2, -0.15) is 0 Å². The molecule has 6 unspecified atom stereocenters. The normalized spacial score (nSPS) is 18.8. The summed E-state index contributed by atoms with van der Waals surface area (Å²) >= 11 is 0. The second-order valence-electron chi connectivity index (χ2n) is 19.9. The number of aliphatic hydroxyl groups excluding tert-OH is 2. The molecule has 0 aromatic rings. The predicted octanol–water partition coefficient (Wildman–Crippen LogP) is 15.1. The van der Waals surface area contributed by atoms with E-state index in [1.807, 2.05) is 18.2 Å². The first-order valence-electron chi connectivity index (χ1n) is 29.6. The number of carboxylic acid groups (broad SMARTS) is 1. The number of rotatable bonds is 49. The van der Waals surface area contributed by atoms with Crippen LogP contribution in [-0.4, -0.2) is 89.2 Å². The molecular formula is C63H104O12. The summed E-state index contributed by atoms with van der Waals surface area (Å²) in [6.07, 6.45) is 52.9. The Morgan fingerprint density at radius 1 is 0.453 bits per heavy atom. The molecule has 75 heavy (non-hydrogen) atoms. The molecule has 0 spiro atoms. The number of ether oxygens (including phenoxy) is 5. The van der Waals surface area contributed by atoms with Gasteiger partial charge in [0.2, 0.25) is 0 Å². The van der Waals surface area contributed by atoms with E-state index in [1.54, 1.807) is 0 Å². The van der Waals surface area contributed by atoms with E-state index in [9.17, 15) is 34.5 Å². The number of allylic oxidation sites excluding steroid dienone is 14. The Balaban J connectivity index is 2.71. The van der Waals surface area contributed by atoms with Gasteiger partial charge in [-0.25, -0.2) is 4.79 Å². The quantitative estimate of drug-likeness (QED) is 0.0228. The molecule has 1 saturated heterocycles. The van der Waals surface area contributed by atoms with Crippen molar-refractivity contribution in [2.75, 3.05) is 13.2 Å². The zero-order valence-corrected chi connectivity index (χ0v) is 47.0. The van der Waals surface area contributed by atoms with Crippen molar-refractivity contribution >= 4 is 23.9 Å². The highest BCUT2D eigenvalue weighted by molar-refractivity contribution is 5.74. The van der Waals surface area contributed by atoms with Crippen molar-refractivity contribution < 1.29 is 58.2 Å². The molecule has 0 radical (unpaired) electrons. The van der Waals surface area contributed by atoms with Gasteiger partial charge >= 0.3 is 23.9 Å². The molecule has 428 valence electrons. The molecule has 0 aromatic carbocycles. The number of aliphatic carboxylic acids is 1. The maximum Gasteiger partial charge on any atom is 0.335 e. The molecule has 6 atom stereocenters. The van der Waals surface area contributed by atoms with Crippen LogP contribution in [0.5, 0.6) is 0 Å². The lowest BCUT2D eigenvalue weighted by molar-refractivity contribution is -0.301. The third kappa shape index (κ3) is 40.8. The molecule has 1 fully saturated rings. The molecule has 1 aliphatic heterocycles. The molecule has 0 aromatic heterocycles. The summed E-state index contributed by atoms with van der Waals surface area (Å²) in [6.45, 7) is 5.79. The first-order valence-corrected chi connectivity index (χ1v) is 29.6. The van der Waals surface area contributed by atoms with Crippen molar-refractivity contribution in [1.29, 1.82) is 0 Å². The molecule has 1 aliphatic rings. The van der Waals surface area contributed by atoms with Gasteiger partial charge in [0.1, 0.15) is 18.8 Å². The zero-order valence-electron chi connectivity index (χ0n) is 47.0. The summed E-state index contributed by atoms with van der Waals surface area (Å²) in [5.74, 6) is -3.24. The fourth-order valence-corrected chi connectivity index (χ4v) is 8.41. The van der Waals surface area contributed by atoms with Crippen LogP contribution >= 0.6 is 0 Å². The van der Waals surface area contributed by atoms with Crippen molar-refractivity contribution in [1.82, 2.24) is 0 Å². The van der Waals surface area contributed by atoms with Gasteiger partial charge in [-0.15, -0.1) is 0 Å². The van der Waals surface area contributed by atoms with Gasteiger partial charge in [0.05, 0.1) is 6.61 Å². The van der Waals surface area contributed by atoms with Crippen LogP contribution in [0.4, 0.5) is 0 Å². The predicted molar refractivity (Wildman–Crippen MR) is 303 cm³/mol. The van der Waals surface area contributed by atoms with Crippen LogP contribution in [0, 0.1) is 0 Å². The molecule has 0 bridgehead atoms. The molecule has 12 nitrogen and oxygen atoms in total. The fraction of sp³-hybridized carbons (Fsp3) is 0.714. The van der Waals surface area contributed by atoms with Crippen LogP contribution in [0.3, 0.4) is 0 Å². The average molecular weight is 1050 g/mol. The maximum absolute atomic E-state index is 13.1. The summed E-state index contributed by atoms with van der Waals surface area (Å²) in [5.41, 5.74) is 0. The Hall–Kier alpha value is -4.10. The highest BCUT2D eigenvalue weighted by Gasteiger charge is 2.50. The minimum atomic E-state index is -1.93. The van der Waals surface area contributed by atoms with Gasteiger partial charge < -0.3 is 39.0 Å². The van der Waals surface area contributed by atoms with Gasteiger partial charge in [-0.05, 0) is 103 Å². The topological polar surface area (TPSA) is 175 Å². The molecule has 1 rings (SSSR count). The van der Waals surface area contributed by atoms with Gasteiger partial charge in [-0.1, -0.05) is 202 Å². The van der Waals surface area contributed by atoms with E-state index in [0.29, 0.717) is 25.7 Å². The number of carbonyl (C=O) groups excluding carboxylic acids is 3. The summed E-state index contributed by atoms with van der Waals surface area (Å²) in [6, 6.07) is 0. The number of carboxylic acids is 1. The zero-order chi connectivity index (χ0) is 54.7. The summed E-state index contributed by atoms with van der Waals surface area (Å²) in [4.78, 5) is 51.0. The third-order valence-electron chi connectivity index (χ3n) is 12.9. The summed E-state index contributed by atoms with van der Waals surface area (Å²) < 4.78 is 28.3. The van der Waals surface area contributed by atoms with E-state index in [-0.39, 0.29) is 25.9 Å². The van der Waals surface area contributed by atoms with Crippen molar-refractivity contribution in [3.05, 3.63) is 85.1 Å². The molecule has 1 heterocycles. The lowest BCUT2D eigenvalue weighted by atomic mass is 9.98. The number of hydrogen-bond acceptors (Lipinski definition) is 11. The Bertz CT molecular complexity index is 1630. The maximum atomic E-state index is 13.1. The van der Waals surface area contributed by atoms with Crippen LogP contribution in [0.15, 0.2) is 85.1 Å². The van der Waals surface area contributed by atoms with E-state index >= 15 is 0 Å². The largest absolute Gasteiger partial charge is 0.479 e. The van der Waals surface area contributed by atoms with Gasteiger partial charge in [0, 0.05) is 19.3 Å². The minimum Gasteiger partial charge on any atom is -0.479 e. The molecule has 0 aliphatic carbocycles. The highest BCUT2D eigenvalue weighted by Crippen LogP contribution is 2.26. The molecule has 3 N–H and O–H groups in total. The Kier molecular flexibility index (Phi) is 46.6. The van der Waals surface area contributed by atoms with E-state index < -0.39 is 67.3 Å². The third-order valence-corrected chi connectivity index (χ3v) is 12.9. The second kappa shape index (κ2) is 50.7. The van der Waals surface area contributed by atoms with E-state index in [4.69, 9.17) is 23.7 Å². The monoisotopic (exact) mass is 1050 g/mol. The van der Waals surface area contributed by atoms with E-state index in [2.05, 4.69) is 87.6 Å². The Morgan fingerprint density at radius 3 is 1.37 bits per heavy atom. The van der Waals surface area contributed by atoms with Crippen molar-refractivity contribution in [3.63, 3.8) is 0 Å². The van der Waals surface area contributed by atoms with Crippen LogP contribution < -0.4 is 0 Å². The molecule has 0 saturated carbocycles. The highest BCUT2D eigenvalue weighted by atomic mass is 16.7. The van der Waals surface area contributed by atoms with Crippen molar-refractivity contribution in [3.8, 4) is 0 Å². The van der Waals surface area contributed by atoms with Crippen LogP contribution in [-0.2, 0) is 42.9 Å². The fourth-order valence-electron chi connectivity index (χ4n) is 8.41. The van der Waals surface area contributed by atoms with E-state index in [0.717, 1.165) is 89.9 Å². The van der Waals surface area contributed by atoms with Crippen molar-refractivity contribution in [2.45, 2.75) is 276 Å². The van der Waals surface area contributed by atoms with Gasteiger partial charge in [0.25, 0.3) is 0 Å². The molecule has 12 heteroatoms. The van der Waals surface area contributed by atoms with Crippen LogP contribution in [0.1, 0.15) is 239 Å². The van der Waals surface area contributed by atoms with Crippen molar-refractivity contribution in [2.24, 2.45) is 0 Å². The minimum absolute atomic E-state index is 0.0642. The SMILES string of the molecule is CC/C=C\C/C=C\C/C=C\C/C=C\CCC(=O)OC1C(OCC(COC(=O)CCCCCCCCCCC/C=C\C/C=C\CCCCC)OC(=O)CCCCCCC/C=C\CCCCCC)OC(C(=O)O)C(O)C1O. The van der Waals surface area contributed by atoms with Gasteiger partial charge in [0.15, 0.2) is 24.6 Å². The number of hydrogen-bond donors (Lipinski definition) is 3. The summed E-state index contributed by atoms with van der Waals surface area (Å²) in [5, 5.41) is 31.4. The van der Waals surface area contributed by atoms with Crippen LogP contribution in [0.25, 0.3) is 0 Å². The number of esters is 3. The number of aliphatic hydroxyl groups is 2. The summed E-state index contributed by atoms with van der Waals surface area (Å²) in [7, 11) is 0. The molecule has 0 amide bonds. The van der Waals surface area contributed by atoms with Gasteiger partial charge in [-0.3, -0.25) is 14.4 Å². The first kappa shape index (κ1) is 68.9. The lowest BCUT2D eigenvalue weighted by Gasteiger charge is -2.40. The standard InChI is InChI=1S/C63H104O12/c1-4-7-10-13-16-19-22-25-26-27-28-29-30-33-34-37-40-43-46-49-55(64)71-52-54(73-56(65)50-47-44-41-38-35-31-23-20-17-14-11-8-5-2)53-72-63-61(59(68)58(67)60(75-63)62(69)70)74-57(66)51-48-45-42-39-36-32-24-21-18-15-12-9-6-3/h9,12,16,18-21,23,25-26,32,36,42,45,54,58-61,63,67-68H,4-8,10-11,13-15,17,22,24,27-31,33-35,37-41,43-44,46-53H2,1-3H3,(H,69,70)/b12-9-,19-16-,21-18-,23-20-,26-25-,36-32-,45-42-. The van der Waals surface area contributed by atoms with E-state index in [1.165, 1.54) is 83.5 Å².